The highest BCUT2D eigenvalue weighted by Crippen LogP contribution is 2.31. The predicted octanol–water partition coefficient (Wildman–Crippen LogP) is -3.49. The van der Waals surface area contributed by atoms with Crippen LogP contribution in [0.5, 0.6) is 0 Å². The smallest absolute Gasteiger partial charge is 0.305 e. The fourth-order valence-electron chi connectivity index (χ4n) is 6.54. The van der Waals surface area contributed by atoms with E-state index in [1.54, 1.807) is 0 Å². The molecule has 5 N–H and O–H groups in total. The van der Waals surface area contributed by atoms with E-state index in [0.717, 1.165) is 0 Å². The third-order valence-electron chi connectivity index (χ3n) is 8.91. The van der Waals surface area contributed by atoms with Gasteiger partial charge in [-0.1, -0.05) is 0 Å². The zero-order valence-corrected chi connectivity index (χ0v) is 35.4. The van der Waals surface area contributed by atoms with Crippen LogP contribution in [-0.2, 0) is 90.4 Å². The summed E-state index contributed by atoms with van der Waals surface area (Å²) in [5, 5.41) is 33.3. The first-order chi connectivity index (χ1) is 28.7. The van der Waals surface area contributed by atoms with E-state index in [9.17, 15) is 43.8 Å². The number of aliphatic hydroxyl groups is 3. The molecule has 3 saturated heterocycles. The van der Waals surface area contributed by atoms with Crippen molar-refractivity contribution in [2.24, 2.45) is 4.99 Å². The Labute approximate surface area is 350 Å². The number of amides is 2. The maximum absolute atomic E-state index is 11.5. The minimum atomic E-state index is -1.37. The van der Waals surface area contributed by atoms with Gasteiger partial charge in [0, 0.05) is 69.8 Å². The lowest BCUT2D eigenvalue weighted by Crippen LogP contribution is -2.66. The molecule has 4 aliphatic rings. The summed E-state index contributed by atoms with van der Waals surface area (Å²) in [6.07, 6.45) is -9.44. The van der Waals surface area contributed by atoms with Gasteiger partial charge in [-0.05, 0) is 0 Å². The average molecular weight is 884 g/mol. The van der Waals surface area contributed by atoms with E-state index >= 15 is 0 Å². The fraction of sp³-hybridized carbons (Fsp3) is 0.778. The predicted molar refractivity (Wildman–Crippen MR) is 198 cm³/mol. The molecular formula is C36H57N3O22. The molecule has 0 aromatic carbocycles. The van der Waals surface area contributed by atoms with Gasteiger partial charge in [0.05, 0.1) is 6.61 Å². The van der Waals surface area contributed by atoms with Crippen LogP contribution in [0.1, 0.15) is 48.5 Å². The van der Waals surface area contributed by atoms with Crippen LogP contribution in [0.25, 0.3) is 0 Å². The summed E-state index contributed by atoms with van der Waals surface area (Å²) in [7, 11) is 4.16. The standard InChI is InChI=1S/C15H23NO9.C12H17NO7.C9H17NO6/c1-7(17)16-12-14(23-9(3)19)13(21-5)11(6-22-8(2)18)25-15(12)24-10(4)20;1-6(14)17-4-8-10(16-3)11(19-7(2)15)9-12(20-8)18-5-13-9;1-4(12)10-6-7(13)8(15-2)5(3-11)16-9(6)14/h11-15H,6H2,1-5H3,(H,16,17);5,8-12H,4H2,1-3H3;5-9,11,13-14H,3H2,1-2H3,(H,10,12)/t11?,12?,13-,14-,15?;8?,9-,10+,11?,12+;5?,6?,7-,8-,9?/m101/s1. The summed E-state index contributed by atoms with van der Waals surface area (Å²) in [6.45, 7) is 8.07. The largest absolute Gasteiger partial charge is 0.463 e. The molecule has 4 rings (SSSR count). The van der Waals surface area contributed by atoms with Gasteiger partial charge in [-0.2, -0.15) is 0 Å². The van der Waals surface area contributed by atoms with Gasteiger partial charge < -0.3 is 82.8 Å². The second-order valence-electron chi connectivity index (χ2n) is 13.6. The summed E-state index contributed by atoms with van der Waals surface area (Å²) in [4.78, 5) is 82.5. The molecule has 0 bridgehead atoms. The van der Waals surface area contributed by atoms with Crippen LogP contribution in [-0.4, -0.2) is 196 Å². The number of carbonyl (C=O) groups excluding carboxylic acids is 7. The number of nitrogens with zero attached hydrogens (tertiary/aromatic N) is 1. The molecule has 4 heterocycles. The molecule has 348 valence electrons. The van der Waals surface area contributed by atoms with Gasteiger partial charge in [0.15, 0.2) is 30.9 Å². The zero-order valence-electron chi connectivity index (χ0n) is 35.4. The summed E-state index contributed by atoms with van der Waals surface area (Å²) in [5.41, 5.74) is 0. The number of carbonyl (C=O) groups is 7. The average Bonchev–Trinajstić information content (AvgIpc) is 3.64. The van der Waals surface area contributed by atoms with Crippen molar-refractivity contribution in [1.29, 1.82) is 0 Å². The molecule has 2 amide bonds. The third kappa shape index (κ3) is 16.0. The van der Waals surface area contributed by atoms with E-state index in [1.807, 2.05) is 0 Å². The number of esters is 5. The molecule has 25 heteroatoms. The summed E-state index contributed by atoms with van der Waals surface area (Å²) >= 11 is 0. The van der Waals surface area contributed by atoms with Crippen LogP contribution >= 0.6 is 0 Å². The summed E-state index contributed by atoms with van der Waals surface area (Å²) in [6, 6.07) is -2.45. The minimum Gasteiger partial charge on any atom is -0.463 e. The van der Waals surface area contributed by atoms with Crippen molar-refractivity contribution < 1.29 is 106 Å². The van der Waals surface area contributed by atoms with Crippen LogP contribution in [0.3, 0.4) is 0 Å². The van der Waals surface area contributed by atoms with Gasteiger partial charge in [0.1, 0.15) is 68.0 Å². The maximum Gasteiger partial charge on any atom is 0.305 e. The topological polar surface area (TPSA) is 327 Å². The van der Waals surface area contributed by atoms with Crippen LogP contribution in [0.4, 0.5) is 0 Å². The number of methoxy groups -OCH3 is 3. The molecule has 8 unspecified atom stereocenters. The molecular weight excluding hydrogens is 826 g/mol. The molecule has 0 aliphatic carbocycles. The first-order valence-corrected chi connectivity index (χ1v) is 18.7. The number of aliphatic hydroxyl groups excluding tert-OH is 3. The molecule has 0 spiro atoms. The van der Waals surface area contributed by atoms with Crippen molar-refractivity contribution in [2.45, 2.75) is 140 Å². The van der Waals surface area contributed by atoms with E-state index in [1.165, 1.54) is 76.2 Å². The van der Waals surface area contributed by atoms with E-state index in [4.69, 9.17) is 61.9 Å². The number of fused-ring (bicyclic) bond motifs is 1. The number of hydrogen-bond acceptors (Lipinski definition) is 23. The van der Waals surface area contributed by atoms with Crippen molar-refractivity contribution in [3.8, 4) is 0 Å². The third-order valence-corrected chi connectivity index (χ3v) is 8.91. The second kappa shape index (κ2) is 25.4. The number of ether oxygens (including phenoxy) is 12. The van der Waals surface area contributed by atoms with E-state index < -0.39 is 134 Å². The lowest BCUT2D eigenvalue weighted by molar-refractivity contribution is -0.271. The second-order valence-corrected chi connectivity index (χ2v) is 13.6. The first-order valence-electron chi connectivity index (χ1n) is 18.7. The summed E-state index contributed by atoms with van der Waals surface area (Å²) in [5.74, 6) is -3.57. The Bertz CT molecular complexity index is 1520. The lowest BCUT2D eigenvalue weighted by Gasteiger charge is -2.44. The van der Waals surface area contributed by atoms with E-state index in [-0.39, 0.29) is 19.8 Å². The van der Waals surface area contributed by atoms with Crippen molar-refractivity contribution in [3.05, 3.63) is 0 Å². The first kappa shape index (κ1) is 52.5. The van der Waals surface area contributed by atoms with Gasteiger partial charge >= 0.3 is 29.8 Å². The molecule has 61 heavy (non-hydrogen) atoms. The van der Waals surface area contributed by atoms with E-state index in [0.29, 0.717) is 0 Å². The number of rotatable bonds is 13. The zero-order chi connectivity index (χ0) is 46.1. The van der Waals surface area contributed by atoms with Gasteiger partial charge in [0.2, 0.25) is 24.4 Å². The number of nitrogens with one attached hydrogen (secondary N) is 2. The molecule has 0 aromatic rings. The monoisotopic (exact) mass is 883 g/mol. The molecule has 0 radical (unpaired) electrons. The minimum absolute atomic E-state index is 0.0157. The molecule has 3 fully saturated rings. The Hall–Kier alpha value is -4.60. The fourth-order valence-corrected chi connectivity index (χ4v) is 6.54. The Kier molecular flexibility index (Phi) is 21.8. The van der Waals surface area contributed by atoms with Gasteiger partial charge in [-0.3, -0.25) is 33.6 Å². The maximum atomic E-state index is 11.5. The van der Waals surface area contributed by atoms with Crippen molar-refractivity contribution in [2.75, 3.05) is 41.2 Å². The van der Waals surface area contributed by atoms with Crippen molar-refractivity contribution >= 4 is 48.1 Å². The normalized spacial score (nSPS) is 33.6. The SMILES string of the molecule is CO[C@@H]1C(CO)OC(O)C(NC(C)=O)[C@H]1O.CO[C@@H]1C(COC(C)=O)OC(OC(C)=O)C(NC(C)=O)[C@H]1OC(C)=O.CO[C@@H]1C(COC(C)=O)O[C@H]2OC=N[C@H]2C1OC(C)=O. The summed E-state index contributed by atoms with van der Waals surface area (Å²) < 4.78 is 62.6. The number of hydrogen-bond donors (Lipinski definition) is 5. The van der Waals surface area contributed by atoms with Crippen LogP contribution in [0.2, 0.25) is 0 Å². The van der Waals surface area contributed by atoms with Crippen molar-refractivity contribution in [1.82, 2.24) is 10.6 Å². The highest BCUT2D eigenvalue weighted by Gasteiger charge is 2.52. The Balaban J connectivity index is 0.000000323. The van der Waals surface area contributed by atoms with Gasteiger partial charge in [0.25, 0.3) is 0 Å². The Morgan fingerprint density at radius 2 is 1.07 bits per heavy atom. The highest BCUT2D eigenvalue weighted by molar-refractivity contribution is 5.74. The van der Waals surface area contributed by atoms with Crippen LogP contribution in [0.15, 0.2) is 4.99 Å². The molecule has 15 atom stereocenters. The van der Waals surface area contributed by atoms with Crippen LogP contribution < -0.4 is 10.6 Å². The van der Waals surface area contributed by atoms with Crippen molar-refractivity contribution in [3.63, 3.8) is 0 Å². The van der Waals surface area contributed by atoms with E-state index in [2.05, 4.69) is 15.6 Å². The number of aliphatic imine (C=N–C) groups is 1. The molecule has 0 saturated carbocycles. The molecule has 0 aromatic heterocycles. The Morgan fingerprint density at radius 1 is 0.590 bits per heavy atom. The molecule has 4 aliphatic heterocycles. The quantitative estimate of drug-likeness (QED) is 0.0885. The Morgan fingerprint density at radius 3 is 1.52 bits per heavy atom. The lowest BCUT2D eigenvalue weighted by atomic mass is 9.96. The van der Waals surface area contributed by atoms with Crippen LogP contribution in [0, 0.1) is 0 Å². The van der Waals surface area contributed by atoms with Gasteiger partial charge in [-0.15, -0.1) is 0 Å². The molecule has 25 nitrogen and oxygen atoms in total. The highest BCUT2D eigenvalue weighted by atomic mass is 16.7. The van der Waals surface area contributed by atoms with Gasteiger partial charge in [-0.25, -0.2) is 4.99 Å².